The molecule has 0 radical (unpaired) electrons. The van der Waals surface area contributed by atoms with Gasteiger partial charge < -0.3 is 19.6 Å². The van der Waals surface area contributed by atoms with E-state index in [4.69, 9.17) is 49.6 Å². The molecule has 0 aliphatic rings. The molecule has 1 aromatic heterocycles. The highest BCUT2D eigenvalue weighted by atomic mass is 35.5. The minimum absolute atomic E-state index is 0.355. The topological polar surface area (TPSA) is 73.3 Å². The van der Waals surface area contributed by atoms with Crippen molar-refractivity contribution in [3.8, 4) is 28.6 Å². The Balaban J connectivity index is 1.53. The molecule has 0 bridgehead atoms. The molecule has 1 heterocycles. The standard InChI is InChI=1S/C24H22Cl2N4O3S/c1-31-20-6-4-3-5-18(20)23-28-29-24(34)30(23)27-13-16-11-21(32-2)22(12-19(16)26)33-14-15-7-9-17(25)10-8-15/h3-12,27H,13-14H2,1-2H3,(H,29,34). The molecule has 34 heavy (non-hydrogen) atoms. The first kappa shape index (κ1) is 23.9. The van der Waals surface area contributed by atoms with Crippen molar-refractivity contribution in [3.63, 3.8) is 0 Å². The number of H-pyrrole nitrogens is 1. The lowest BCUT2D eigenvalue weighted by molar-refractivity contribution is 0.284. The van der Waals surface area contributed by atoms with E-state index in [1.54, 1.807) is 25.0 Å². The van der Waals surface area contributed by atoms with Gasteiger partial charge in [0, 0.05) is 16.1 Å². The fourth-order valence-corrected chi connectivity index (χ4v) is 3.89. The van der Waals surface area contributed by atoms with Crippen LogP contribution < -0.4 is 19.6 Å². The fourth-order valence-electron chi connectivity index (χ4n) is 3.34. The molecule has 0 unspecified atom stereocenters. The molecule has 7 nitrogen and oxygen atoms in total. The van der Waals surface area contributed by atoms with E-state index in [2.05, 4.69) is 15.6 Å². The molecular weight excluding hydrogens is 495 g/mol. The van der Waals surface area contributed by atoms with Crippen LogP contribution in [0.15, 0.2) is 60.7 Å². The van der Waals surface area contributed by atoms with Crippen LogP contribution in [0.25, 0.3) is 11.4 Å². The lowest BCUT2D eigenvalue weighted by atomic mass is 10.2. The number of halogens is 2. The Kier molecular flexibility index (Phi) is 7.62. The van der Waals surface area contributed by atoms with Gasteiger partial charge in [-0.1, -0.05) is 47.5 Å². The molecule has 176 valence electrons. The number of rotatable bonds is 9. The average Bonchev–Trinajstić information content (AvgIpc) is 3.22. The molecule has 0 fully saturated rings. The van der Waals surface area contributed by atoms with E-state index in [1.165, 1.54) is 0 Å². The summed E-state index contributed by atoms with van der Waals surface area (Å²) in [4.78, 5) is 0. The molecule has 0 saturated carbocycles. The number of nitrogens with zero attached hydrogens (tertiary/aromatic N) is 2. The van der Waals surface area contributed by atoms with Crippen molar-refractivity contribution in [1.29, 1.82) is 0 Å². The number of hydrogen-bond donors (Lipinski definition) is 2. The summed E-state index contributed by atoms with van der Waals surface area (Å²) in [7, 11) is 3.20. The molecule has 4 rings (SSSR count). The normalized spacial score (nSPS) is 10.7. The second-order valence-corrected chi connectivity index (χ2v) is 8.46. The molecule has 3 aromatic carbocycles. The number of nitrogens with one attached hydrogen (secondary N) is 2. The van der Waals surface area contributed by atoms with Crippen LogP contribution in [0.1, 0.15) is 11.1 Å². The van der Waals surface area contributed by atoms with Gasteiger partial charge in [-0.3, -0.25) is 0 Å². The Morgan fingerprint density at radius 1 is 0.971 bits per heavy atom. The fraction of sp³-hybridized carbons (Fsp3) is 0.167. The van der Waals surface area contributed by atoms with E-state index in [0.717, 1.165) is 16.7 Å². The second kappa shape index (κ2) is 10.8. The van der Waals surface area contributed by atoms with Crippen molar-refractivity contribution in [3.05, 3.63) is 86.6 Å². The number of hydrogen-bond acceptors (Lipinski definition) is 6. The van der Waals surface area contributed by atoms with E-state index in [1.807, 2.05) is 54.6 Å². The van der Waals surface area contributed by atoms with Gasteiger partial charge in [0.2, 0.25) is 4.77 Å². The van der Waals surface area contributed by atoms with Gasteiger partial charge in [0.15, 0.2) is 17.3 Å². The highest BCUT2D eigenvalue weighted by Crippen LogP contribution is 2.34. The maximum Gasteiger partial charge on any atom is 0.214 e. The summed E-state index contributed by atoms with van der Waals surface area (Å²) in [5.41, 5.74) is 5.84. The molecule has 2 N–H and O–H groups in total. The van der Waals surface area contributed by atoms with Gasteiger partial charge in [-0.2, -0.15) is 5.10 Å². The highest BCUT2D eigenvalue weighted by Gasteiger charge is 2.15. The van der Waals surface area contributed by atoms with Gasteiger partial charge >= 0.3 is 0 Å². The van der Waals surface area contributed by atoms with Crippen molar-refractivity contribution in [2.45, 2.75) is 13.2 Å². The number of aromatic nitrogens is 3. The number of benzene rings is 3. The maximum absolute atomic E-state index is 6.57. The largest absolute Gasteiger partial charge is 0.496 e. The van der Waals surface area contributed by atoms with E-state index in [0.29, 0.717) is 51.0 Å². The molecule has 0 spiro atoms. The predicted octanol–water partition coefficient (Wildman–Crippen LogP) is 6.25. The number of methoxy groups -OCH3 is 2. The summed E-state index contributed by atoms with van der Waals surface area (Å²) in [6, 6.07) is 18.6. The lowest BCUT2D eigenvalue weighted by Gasteiger charge is -2.16. The minimum atomic E-state index is 0.355. The zero-order valence-electron chi connectivity index (χ0n) is 18.5. The Hall–Kier alpha value is -3.20. The minimum Gasteiger partial charge on any atom is -0.496 e. The van der Waals surface area contributed by atoms with Crippen molar-refractivity contribution >= 4 is 35.4 Å². The number of ether oxygens (including phenoxy) is 3. The monoisotopic (exact) mass is 516 g/mol. The molecule has 0 amide bonds. The van der Waals surface area contributed by atoms with Gasteiger partial charge in [0.1, 0.15) is 12.4 Å². The van der Waals surface area contributed by atoms with Crippen molar-refractivity contribution in [1.82, 2.24) is 14.9 Å². The summed E-state index contributed by atoms with van der Waals surface area (Å²) in [5.74, 6) is 2.38. The van der Waals surface area contributed by atoms with Crippen molar-refractivity contribution in [2.24, 2.45) is 0 Å². The Bertz CT molecular complexity index is 1340. The van der Waals surface area contributed by atoms with Gasteiger partial charge in [-0.05, 0) is 53.7 Å². The molecule has 0 atom stereocenters. The van der Waals surface area contributed by atoms with Crippen LogP contribution in [0.3, 0.4) is 0 Å². The molecule has 0 saturated heterocycles. The van der Waals surface area contributed by atoms with Gasteiger partial charge in [0.25, 0.3) is 0 Å². The summed E-state index contributed by atoms with van der Waals surface area (Å²) < 4.78 is 19.0. The first-order valence-corrected chi connectivity index (χ1v) is 11.4. The smallest absolute Gasteiger partial charge is 0.214 e. The van der Waals surface area contributed by atoms with Crippen LogP contribution >= 0.6 is 35.4 Å². The van der Waals surface area contributed by atoms with Crippen LogP contribution in [-0.2, 0) is 13.2 Å². The third-order valence-electron chi connectivity index (χ3n) is 5.09. The average molecular weight is 517 g/mol. The van der Waals surface area contributed by atoms with E-state index >= 15 is 0 Å². The molecule has 0 aliphatic carbocycles. The predicted molar refractivity (Wildman–Crippen MR) is 136 cm³/mol. The van der Waals surface area contributed by atoms with Crippen LogP contribution in [0, 0.1) is 4.77 Å². The van der Waals surface area contributed by atoms with Gasteiger partial charge in [-0.25, -0.2) is 9.77 Å². The van der Waals surface area contributed by atoms with Gasteiger partial charge in [-0.15, -0.1) is 0 Å². The highest BCUT2D eigenvalue weighted by molar-refractivity contribution is 7.71. The van der Waals surface area contributed by atoms with Gasteiger partial charge in [0.05, 0.1) is 26.3 Å². The Morgan fingerprint density at radius 3 is 2.44 bits per heavy atom. The maximum atomic E-state index is 6.57. The summed E-state index contributed by atoms with van der Waals surface area (Å²) in [6.45, 7) is 0.719. The van der Waals surface area contributed by atoms with Crippen molar-refractivity contribution in [2.75, 3.05) is 19.6 Å². The van der Waals surface area contributed by atoms with Crippen LogP contribution in [0.4, 0.5) is 0 Å². The zero-order valence-corrected chi connectivity index (χ0v) is 20.8. The quantitative estimate of drug-likeness (QED) is 0.256. The molecule has 10 heteroatoms. The van der Waals surface area contributed by atoms with Crippen LogP contribution in [-0.4, -0.2) is 29.1 Å². The first-order valence-electron chi connectivity index (χ1n) is 10.3. The summed E-state index contributed by atoms with van der Waals surface area (Å²) >= 11 is 17.9. The Morgan fingerprint density at radius 2 is 1.71 bits per heavy atom. The molecule has 4 aromatic rings. The SMILES string of the molecule is COc1cc(CNn2c(-c3ccccc3OC)n[nH]c2=S)c(Cl)cc1OCc1ccc(Cl)cc1. The van der Waals surface area contributed by atoms with E-state index in [9.17, 15) is 0 Å². The summed E-state index contributed by atoms with van der Waals surface area (Å²) in [6.07, 6.45) is 0. The van der Waals surface area contributed by atoms with E-state index < -0.39 is 0 Å². The molecule has 0 aliphatic heterocycles. The lowest BCUT2D eigenvalue weighted by Crippen LogP contribution is -2.16. The first-order chi connectivity index (χ1) is 16.5. The van der Waals surface area contributed by atoms with Crippen LogP contribution in [0.5, 0.6) is 17.2 Å². The van der Waals surface area contributed by atoms with Crippen molar-refractivity contribution < 1.29 is 14.2 Å². The molecular formula is C24H22Cl2N4O3S. The number of para-hydroxylation sites is 1. The third-order valence-corrected chi connectivity index (χ3v) is 5.97. The zero-order chi connectivity index (χ0) is 24.1. The van der Waals surface area contributed by atoms with E-state index in [-0.39, 0.29) is 0 Å². The van der Waals surface area contributed by atoms with Crippen LogP contribution in [0.2, 0.25) is 10.0 Å². The third kappa shape index (κ3) is 5.30. The number of aromatic amines is 1. The second-order valence-electron chi connectivity index (χ2n) is 7.23. The Labute approximate surface area is 212 Å². The summed E-state index contributed by atoms with van der Waals surface area (Å²) in [5, 5.41) is 8.37.